The van der Waals surface area contributed by atoms with Crippen molar-refractivity contribution in [3.8, 4) is 11.6 Å². The van der Waals surface area contributed by atoms with Crippen LogP contribution in [0.5, 0.6) is 11.6 Å². The lowest BCUT2D eigenvalue weighted by atomic mass is 9.92. The summed E-state index contributed by atoms with van der Waals surface area (Å²) in [4.78, 5) is 26.9. The van der Waals surface area contributed by atoms with Crippen molar-refractivity contribution < 1.29 is 14.3 Å². The number of ether oxygens (including phenoxy) is 2. The molecule has 2 N–H and O–H groups in total. The Bertz CT molecular complexity index is 1490. The van der Waals surface area contributed by atoms with E-state index in [1.54, 1.807) is 24.5 Å². The first-order valence-electron chi connectivity index (χ1n) is 12.9. The molecule has 12 nitrogen and oxygen atoms in total. The normalized spacial score (nSPS) is 16.4. The molecule has 1 saturated heterocycles. The molecule has 1 amide bonds. The molecule has 39 heavy (non-hydrogen) atoms. The smallest absolute Gasteiger partial charge is 0.222 e. The van der Waals surface area contributed by atoms with E-state index in [0.717, 1.165) is 36.4 Å². The van der Waals surface area contributed by atoms with E-state index in [9.17, 15) is 4.79 Å². The second-order valence-electron chi connectivity index (χ2n) is 10.9. The molecule has 1 aliphatic rings. The number of anilines is 3. The Labute approximate surface area is 227 Å². The van der Waals surface area contributed by atoms with E-state index in [4.69, 9.17) is 19.6 Å². The summed E-state index contributed by atoms with van der Waals surface area (Å²) in [6, 6.07) is 7.24. The van der Waals surface area contributed by atoms with Gasteiger partial charge in [-0.2, -0.15) is 5.10 Å². The monoisotopic (exact) mass is 533 g/mol. The number of aromatic nitrogens is 6. The van der Waals surface area contributed by atoms with Gasteiger partial charge in [-0.3, -0.25) is 9.48 Å². The number of fused-ring (bicyclic) bond motifs is 1. The highest BCUT2D eigenvalue weighted by atomic mass is 16.5. The van der Waals surface area contributed by atoms with E-state index in [0.29, 0.717) is 35.8 Å². The lowest BCUT2D eigenvalue weighted by Crippen LogP contribution is -2.42. The fourth-order valence-corrected chi connectivity index (χ4v) is 4.59. The third-order valence-electron chi connectivity index (χ3n) is 6.51. The Morgan fingerprint density at radius 2 is 2.00 bits per heavy atom. The lowest BCUT2D eigenvalue weighted by molar-refractivity contribution is -0.114. The minimum absolute atomic E-state index is 0.0903. The number of carbonyl (C=O) groups excluding carboxylic acids is 1. The Hall–Kier alpha value is -4.03. The zero-order chi connectivity index (χ0) is 27.7. The Kier molecular flexibility index (Phi) is 7.23. The van der Waals surface area contributed by atoms with Crippen LogP contribution in [0.1, 0.15) is 33.4 Å². The Morgan fingerprint density at radius 3 is 2.74 bits per heavy atom. The van der Waals surface area contributed by atoms with E-state index in [2.05, 4.69) is 59.4 Å². The number of carbonyl (C=O) groups is 1. The number of imidazole rings is 1. The number of nitrogens with zero attached hydrogens (tertiary/aromatic N) is 7. The molecular formula is C27H35N9O3. The number of pyridine rings is 2. The van der Waals surface area contributed by atoms with Crippen molar-refractivity contribution in [2.75, 3.05) is 37.4 Å². The van der Waals surface area contributed by atoms with E-state index in [1.165, 1.54) is 6.92 Å². The zero-order valence-electron chi connectivity index (χ0n) is 23.2. The van der Waals surface area contributed by atoms with Crippen LogP contribution in [-0.2, 0) is 28.5 Å². The topological polar surface area (TPSA) is 124 Å². The molecule has 12 heteroatoms. The summed E-state index contributed by atoms with van der Waals surface area (Å²) in [6.45, 7) is 11.2. The van der Waals surface area contributed by atoms with Crippen molar-refractivity contribution in [2.45, 2.75) is 45.8 Å². The third kappa shape index (κ3) is 6.18. The molecule has 0 aromatic carbocycles. The highest BCUT2D eigenvalue weighted by Crippen LogP contribution is 2.29. The molecule has 0 bridgehead atoms. The van der Waals surface area contributed by atoms with Gasteiger partial charge in [0.15, 0.2) is 5.82 Å². The fourth-order valence-electron chi connectivity index (χ4n) is 4.59. The van der Waals surface area contributed by atoms with Crippen molar-refractivity contribution in [3.05, 3.63) is 42.4 Å². The largest absolute Gasteiger partial charge is 0.439 e. The van der Waals surface area contributed by atoms with Gasteiger partial charge in [0.1, 0.15) is 17.1 Å². The number of nitrogens with one attached hydrogen (secondary N) is 2. The van der Waals surface area contributed by atoms with E-state index in [1.807, 2.05) is 22.4 Å². The van der Waals surface area contributed by atoms with Gasteiger partial charge < -0.3 is 29.6 Å². The summed E-state index contributed by atoms with van der Waals surface area (Å²) in [5, 5.41) is 10.9. The molecule has 0 radical (unpaired) electrons. The van der Waals surface area contributed by atoms with E-state index in [-0.39, 0.29) is 17.4 Å². The molecule has 5 rings (SSSR count). The number of morpholine rings is 1. The van der Waals surface area contributed by atoms with E-state index < -0.39 is 0 Å². The first-order valence-corrected chi connectivity index (χ1v) is 12.9. The summed E-state index contributed by atoms with van der Waals surface area (Å²) < 4.78 is 15.9. The highest BCUT2D eigenvalue weighted by Gasteiger charge is 2.25. The number of hydrogen-bond donors (Lipinski definition) is 2. The molecule has 0 spiro atoms. The van der Waals surface area contributed by atoms with Crippen LogP contribution in [0.2, 0.25) is 0 Å². The van der Waals surface area contributed by atoms with Crippen molar-refractivity contribution in [3.63, 3.8) is 0 Å². The van der Waals surface area contributed by atoms with Crippen LogP contribution >= 0.6 is 0 Å². The molecule has 0 saturated carbocycles. The van der Waals surface area contributed by atoms with Gasteiger partial charge in [0.25, 0.3) is 0 Å². The molecule has 5 heterocycles. The summed E-state index contributed by atoms with van der Waals surface area (Å²) in [7, 11) is 4.05. The SMILES string of the molecule is CC(=O)Nc1cc(Oc2cc3c(cn2)nc(Nc2cc(C(C)(C)C)n(C[C@@H]4CN(C)CCO4)n2)n3C)ccn1. The van der Waals surface area contributed by atoms with Crippen LogP contribution in [0.25, 0.3) is 11.0 Å². The minimum Gasteiger partial charge on any atom is -0.439 e. The van der Waals surface area contributed by atoms with Crippen molar-refractivity contribution in [2.24, 2.45) is 7.05 Å². The molecule has 206 valence electrons. The van der Waals surface area contributed by atoms with Crippen LogP contribution in [0.15, 0.2) is 36.7 Å². The zero-order valence-corrected chi connectivity index (χ0v) is 23.2. The Balaban J connectivity index is 1.37. The highest BCUT2D eigenvalue weighted by molar-refractivity contribution is 5.87. The standard InChI is InChI=1S/C27H35N9O3/c1-17(37)30-23-11-18(7-8-28-23)39-25-12-21-20(14-29-25)31-26(35(21)6)32-24-13-22(27(2,3)4)36(33-24)16-19-15-34(5)9-10-38-19/h7-8,11-14,19H,9-10,15-16H2,1-6H3,(H,28,30,37)(H,31,32,33)/t19-/m0/s1. The molecule has 4 aromatic heterocycles. The summed E-state index contributed by atoms with van der Waals surface area (Å²) in [6.07, 6.45) is 3.32. The number of hydrogen-bond acceptors (Lipinski definition) is 9. The molecular weight excluding hydrogens is 498 g/mol. The summed E-state index contributed by atoms with van der Waals surface area (Å²) >= 11 is 0. The minimum atomic E-state index is -0.205. The quantitative estimate of drug-likeness (QED) is 0.366. The average Bonchev–Trinajstić information content (AvgIpc) is 3.40. The van der Waals surface area contributed by atoms with Crippen molar-refractivity contribution in [1.82, 2.24) is 34.2 Å². The maximum absolute atomic E-state index is 11.3. The van der Waals surface area contributed by atoms with Gasteiger partial charge in [-0.05, 0) is 13.1 Å². The summed E-state index contributed by atoms with van der Waals surface area (Å²) in [5.74, 6) is 2.46. The van der Waals surface area contributed by atoms with Crippen LogP contribution in [0.4, 0.5) is 17.6 Å². The number of rotatable bonds is 7. The van der Waals surface area contributed by atoms with Crippen molar-refractivity contribution >= 4 is 34.5 Å². The van der Waals surface area contributed by atoms with Gasteiger partial charge in [0.2, 0.25) is 17.7 Å². The second-order valence-corrected chi connectivity index (χ2v) is 10.9. The number of amides is 1. The molecule has 1 aliphatic heterocycles. The first kappa shape index (κ1) is 26.6. The van der Waals surface area contributed by atoms with Gasteiger partial charge in [-0.15, -0.1) is 0 Å². The molecule has 1 fully saturated rings. The Morgan fingerprint density at radius 1 is 1.18 bits per heavy atom. The lowest BCUT2D eigenvalue weighted by Gasteiger charge is -2.31. The predicted molar refractivity (Wildman–Crippen MR) is 149 cm³/mol. The molecule has 0 aliphatic carbocycles. The molecule has 1 atom stereocenters. The van der Waals surface area contributed by atoms with Crippen molar-refractivity contribution in [1.29, 1.82) is 0 Å². The van der Waals surface area contributed by atoms with Crippen LogP contribution in [0, 0.1) is 0 Å². The van der Waals surface area contributed by atoms with Crippen LogP contribution in [-0.4, -0.2) is 73.0 Å². The van der Waals surface area contributed by atoms with Gasteiger partial charge in [0, 0.05) is 62.6 Å². The first-order chi connectivity index (χ1) is 18.5. The van der Waals surface area contributed by atoms with Gasteiger partial charge >= 0.3 is 0 Å². The predicted octanol–water partition coefficient (Wildman–Crippen LogP) is 3.68. The van der Waals surface area contributed by atoms with Gasteiger partial charge in [-0.1, -0.05) is 20.8 Å². The second kappa shape index (κ2) is 10.6. The number of likely N-dealkylation sites (N-methyl/N-ethyl adjacent to an activating group) is 1. The maximum atomic E-state index is 11.3. The maximum Gasteiger partial charge on any atom is 0.222 e. The van der Waals surface area contributed by atoms with Crippen LogP contribution in [0.3, 0.4) is 0 Å². The number of aryl methyl sites for hydroxylation is 1. The fraction of sp³-hybridized carbons (Fsp3) is 0.444. The van der Waals surface area contributed by atoms with Gasteiger partial charge in [0.05, 0.1) is 31.0 Å². The van der Waals surface area contributed by atoms with Crippen LogP contribution < -0.4 is 15.4 Å². The van der Waals surface area contributed by atoms with E-state index >= 15 is 0 Å². The third-order valence-corrected chi connectivity index (χ3v) is 6.51. The van der Waals surface area contributed by atoms with Gasteiger partial charge in [-0.25, -0.2) is 15.0 Å². The molecule has 4 aromatic rings. The average molecular weight is 534 g/mol. The molecule has 0 unspecified atom stereocenters. The summed E-state index contributed by atoms with van der Waals surface area (Å²) in [5.41, 5.74) is 2.58.